The van der Waals surface area contributed by atoms with Gasteiger partial charge in [0.05, 0.1) is 0 Å². The van der Waals surface area contributed by atoms with Gasteiger partial charge in [-0.05, 0) is 43.5 Å². The number of carbonyl (C=O) groups excluding carboxylic acids is 1. The molecule has 0 radical (unpaired) electrons. The van der Waals surface area contributed by atoms with E-state index in [0.717, 1.165) is 24.3 Å². The lowest BCUT2D eigenvalue weighted by atomic mass is 10.1. The van der Waals surface area contributed by atoms with Crippen LogP contribution in [0.4, 0.5) is 11.4 Å². The first-order valence-corrected chi connectivity index (χ1v) is 7.01. The molecule has 1 aromatic rings. The van der Waals surface area contributed by atoms with E-state index >= 15 is 0 Å². The SMILES string of the molecule is Cc1cc(N2CCCC2)ccc1NC(=O)COCC(=O)O. The predicted molar refractivity (Wildman–Crippen MR) is 79.7 cm³/mol. The summed E-state index contributed by atoms with van der Waals surface area (Å²) in [5.41, 5.74) is 2.87. The first kappa shape index (κ1) is 15.3. The van der Waals surface area contributed by atoms with Crippen molar-refractivity contribution in [3.63, 3.8) is 0 Å². The van der Waals surface area contributed by atoms with Crippen LogP contribution in [-0.2, 0) is 14.3 Å². The molecule has 0 aliphatic carbocycles. The summed E-state index contributed by atoms with van der Waals surface area (Å²) < 4.78 is 4.75. The molecule has 6 nitrogen and oxygen atoms in total. The number of benzene rings is 1. The van der Waals surface area contributed by atoms with Crippen LogP contribution in [-0.4, -0.2) is 43.3 Å². The highest BCUT2D eigenvalue weighted by molar-refractivity contribution is 5.92. The second-order valence-corrected chi connectivity index (χ2v) is 5.13. The number of carboxylic acid groups (broad SMARTS) is 1. The molecule has 114 valence electrons. The van der Waals surface area contributed by atoms with Crippen molar-refractivity contribution in [1.29, 1.82) is 0 Å². The van der Waals surface area contributed by atoms with Gasteiger partial charge in [0, 0.05) is 24.5 Å². The minimum Gasteiger partial charge on any atom is -0.480 e. The Kier molecular flexibility index (Phi) is 5.16. The quantitative estimate of drug-likeness (QED) is 0.833. The average molecular weight is 292 g/mol. The Morgan fingerprint density at radius 1 is 1.29 bits per heavy atom. The van der Waals surface area contributed by atoms with Gasteiger partial charge in [0.1, 0.15) is 13.2 Å². The van der Waals surface area contributed by atoms with Crippen LogP contribution < -0.4 is 10.2 Å². The van der Waals surface area contributed by atoms with Gasteiger partial charge < -0.3 is 20.1 Å². The maximum Gasteiger partial charge on any atom is 0.329 e. The number of aryl methyl sites for hydroxylation is 1. The summed E-state index contributed by atoms with van der Waals surface area (Å²) >= 11 is 0. The molecule has 1 saturated heterocycles. The van der Waals surface area contributed by atoms with Crippen molar-refractivity contribution in [3.05, 3.63) is 23.8 Å². The molecule has 6 heteroatoms. The van der Waals surface area contributed by atoms with Gasteiger partial charge in [-0.3, -0.25) is 4.79 Å². The molecule has 21 heavy (non-hydrogen) atoms. The molecule has 0 spiro atoms. The third kappa shape index (κ3) is 4.46. The summed E-state index contributed by atoms with van der Waals surface area (Å²) in [4.78, 5) is 24.3. The molecule has 1 aliphatic rings. The van der Waals surface area contributed by atoms with Crippen LogP contribution >= 0.6 is 0 Å². The number of hydrogen-bond acceptors (Lipinski definition) is 4. The number of nitrogens with zero attached hydrogens (tertiary/aromatic N) is 1. The summed E-state index contributed by atoms with van der Waals surface area (Å²) in [6.45, 7) is 3.36. The number of anilines is 2. The van der Waals surface area contributed by atoms with E-state index in [4.69, 9.17) is 9.84 Å². The smallest absolute Gasteiger partial charge is 0.329 e. The average Bonchev–Trinajstić information content (AvgIpc) is 2.94. The highest BCUT2D eigenvalue weighted by Crippen LogP contribution is 2.25. The van der Waals surface area contributed by atoms with Crippen molar-refractivity contribution in [2.45, 2.75) is 19.8 Å². The Morgan fingerprint density at radius 2 is 2.00 bits per heavy atom. The van der Waals surface area contributed by atoms with Gasteiger partial charge in [0.25, 0.3) is 0 Å². The Bertz CT molecular complexity index is 524. The van der Waals surface area contributed by atoms with E-state index in [0.29, 0.717) is 0 Å². The molecule has 1 aliphatic heterocycles. The highest BCUT2D eigenvalue weighted by atomic mass is 16.5. The molecule has 0 atom stereocenters. The largest absolute Gasteiger partial charge is 0.480 e. The lowest BCUT2D eigenvalue weighted by Gasteiger charge is -2.19. The van der Waals surface area contributed by atoms with Crippen molar-refractivity contribution in [1.82, 2.24) is 0 Å². The molecule has 1 amide bonds. The number of amides is 1. The highest BCUT2D eigenvalue weighted by Gasteiger charge is 2.13. The number of carbonyl (C=O) groups is 2. The fourth-order valence-corrected chi connectivity index (χ4v) is 2.38. The molecule has 1 aromatic carbocycles. The molecule has 1 heterocycles. The van der Waals surface area contributed by atoms with Crippen molar-refractivity contribution < 1.29 is 19.4 Å². The Morgan fingerprint density at radius 3 is 2.62 bits per heavy atom. The van der Waals surface area contributed by atoms with Crippen LogP contribution in [0.3, 0.4) is 0 Å². The molecule has 2 rings (SSSR count). The van der Waals surface area contributed by atoms with Crippen LogP contribution in [0.1, 0.15) is 18.4 Å². The molecular weight excluding hydrogens is 272 g/mol. The standard InChI is InChI=1S/C15H20N2O4/c1-11-8-12(17-6-2-3-7-17)4-5-13(11)16-14(18)9-21-10-15(19)20/h4-5,8H,2-3,6-7,9-10H2,1H3,(H,16,18)(H,19,20). The number of carboxylic acids is 1. The zero-order chi connectivity index (χ0) is 15.2. The summed E-state index contributed by atoms with van der Waals surface area (Å²) in [7, 11) is 0. The van der Waals surface area contributed by atoms with Gasteiger partial charge in [-0.15, -0.1) is 0 Å². The molecular formula is C15H20N2O4. The monoisotopic (exact) mass is 292 g/mol. The summed E-state index contributed by atoms with van der Waals surface area (Å²) in [5, 5.41) is 11.2. The normalized spacial score (nSPS) is 14.2. The Balaban J connectivity index is 1.91. The van der Waals surface area contributed by atoms with Gasteiger partial charge in [-0.2, -0.15) is 0 Å². The topological polar surface area (TPSA) is 78.9 Å². The molecule has 0 unspecified atom stereocenters. The zero-order valence-electron chi connectivity index (χ0n) is 12.1. The van der Waals surface area contributed by atoms with Gasteiger partial charge in [0.15, 0.2) is 0 Å². The lowest BCUT2D eigenvalue weighted by Crippen LogP contribution is -2.21. The van der Waals surface area contributed by atoms with E-state index in [-0.39, 0.29) is 12.5 Å². The van der Waals surface area contributed by atoms with E-state index in [1.165, 1.54) is 18.5 Å². The minimum absolute atomic E-state index is 0.264. The molecule has 2 N–H and O–H groups in total. The van der Waals surface area contributed by atoms with Crippen molar-refractivity contribution >= 4 is 23.3 Å². The van der Waals surface area contributed by atoms with E-state index in [1.54, 1.807) is 0 Å². The van der Waals surface area contributed by atoms with Crippen LogP contribution in [0.5, 0.6) is 0 Å². The first-order chi connectivity index (χ1) is 10.1. The number of aliphatic carboxylic acids is 1. The molecule has 0 saturated carbocycles. The van der Waals surface area contributed by atoms with Gasteiger partial charge in [-0.25, -0.2) is 4.79 Å². The van der Waals surface area contributed by atoms with E-state index < -0.39 is 12.6 Å². The third-order valence-corrected chi connectivity index (χ3v) is 3.41. The summed E-state index contributed by atoms with van der Waals surface area (Å²) in [6, 6.07) is 5.92. The van der Waals surface area contributed by atoms with Crippen LogP contribution in [0, 0.1) is 6.92 Å². The molecule has 0 aromatic heterocycles. The Hall–Kier alpha value is -2.08. The van der Waals surface area contributed by atoms with Crippen LogP contribution in [0.15, 0.2) is 18.2 Å². The van der Waals surface area contributed by atoms with Crippen molar-refractivity contribution in [3.8, 4) is 0 Å². The first-order valence-electron chi connectivity index (χ1n) is 7.01. The summed E-state index contributed by atoms with van der Waals surface area (Å²) in [6.07, 6.45) is 2.44. The third-order valence-electron chi connectivity index (χ3n) is 3.41. The van der Waals surface area contributed by atoms with Gasteiger partial charge >= 0.3 is 5.97 Å². The Labute approximate surface area is 123 Å². The van der Waals surface area contributed by atoms with E-state index in [9.17, 15) is 9.59 Å². The maximum absolute atomic E-state index is 11.6. The number of ether oxygens (including phenoxy) is 1. The van der Waals surface area contributed by atoms with Gasteiger partial charge in [-0.1, -0.05) is 0 Å². The maximum atomic E-state index is 11.6. The van der Waals surface area contributed by atoms with Crippen molar-refractivity contribution in [2.75, 3.05) is 36.5 Å². The van der Waals surface area contributed by atoms with E-state index in [1.807, 2.05) is 19.1 Å². The fraction of sp³-hybridized carbons (Fsp3) is 0.467. The number of hydrogen-bond donors (Lipinski definition) is 2. The second-order valence-electron chi connectivity index (χ2n) is 5.13. The van der Waals surface area contributed by atoms with Gasteiger partial charge in [0.2, 0.25) is 5.91 Å². The number of nitrogens with one attached hydrogen (secondary N) is 1. The van der Waals surface area contributed by atoms with E-state index in [2.05, 4.69) is 16.3 Å². The van der Waals surface area contributed by atoms with Crippen molar-refractivity contribution in [2.24, 2.45) is 0 Å². The minimum atomic E-state index is -1.09. The molecule has 1 fully saturated rings. The second kappa shape index (κ2) is 7.08. The zero-order valence-corrected chi connectivity index (χ0v) is 12.1. The molecule has 0 bridgehead atoms. The fourth-order valence-electron chi connectivity index (χ4n) is 2.38. The summed E-state index contributed by atoms with van der Waals surface area (Å²) in [5.74, 6) is -1.44. The lowest BCUT2D eigenvalue weighted by molar-refractivity contribution is -0.143. The van der Waals surface area contributed by atoms with Crippen LogP contribution in [0.2, 0.25) is 0 Å². The predicted octanol–water partition coefficient (Wildman–Crippen LogP) is 1.63. The number of rotatable bonds is 6. The van der Waals surface area contributed by atoms with Crippen LogP contribution in [0.25, 0.3) is 0 Å².